The van der Waals surface area contributed by atoms with Crippen LogP contribution in [-0.2, 0) is 0 Å². The van der Waals surface area contributed by atoms with Crippen LogP contribution < -0.4 is 10.1 Å². The van der Waals surface area contributed by atoms with E-state index < -0.39 is 6.23 Å². The Kier molecular flexibility index (Phi) is 3.27. The summed E-state index contributed by atoms with van der Waals surface area (Å²) in [5.41, 5.74) is 1.80. The SMILES string of the molecule is OC1C=C(Oc2cccc(Br)c2)c2ccccc2N1. The van der Waals surface area contributed by atoms with E-state index in [2.05, 4.69) is 21.2 Å². The summed E-state index contributed by atoms with van der Waals surface area (Å²) in [4.78, 5) is 0. The van der Waals surface area contributed by atoms with Gasteiger partial charge in [0.15, 0.2) is 0 Å². The number of benzene rings is 2. The molecule has 1 atom stereocenters. The highest BCUT2D eigenvalue weighted by atomic mass is 79.9. The van der Waals surface area contributed by atoms with E-state index in [1.807, 2.05) is 48.5 Å². The zero-order chi connectivity index (χ0) is 13.2. The van der Waals surface area contributed by atoms with Crippen LogP contribution >= 0.6 is 15.9 Å². The van der Waals surface area contributed by atoms with Gasteiger partial charge in [0.05, 0.1) is 0 Å². The van der Waals surface area contributed by atoms with Gasteiger partial charge in [0.25, 0.3) is 0 Å². The number of anilines is 1. The number of para-hydroxylation sites is 1. The van der Waals surface area contributed by atoms with E-state index in [0.29, 0.717) is 5.76 Å². The van der Waals surface area contributed by atoms with E-state index in [9.17, 15) is 5.11 Å². The van der Waals surface area contributed by atoms with Gasteiger partial charge in [-0.3, -0.25) is 0 Å². The summed E-state index contributed by atoms with van der Waals surface area (Å²) in [6.45, 7) is 0. The Bertz CT molecular complexity index is 640. The highest BCUT2D eigenvalue weighted by molar-refractivity contribution is 9.10. The second kappa shape index (κ2) is 5.07. The smallest absolute Gasteiger partial charge is 0.147 e. The normalized spacial score (nSPS) is 17.2. The van der Waals surface area contributed by atoms with Gasteiger partial charge in [0, 0.05) is 21.8 Å². The van der Waals surface area contributed by atoms with Crippen molar-refractivity contribution < 1.29 is 9.84 Å². The monoisotopic (exact) mass is 317 g/mol. The van der Waals surface area contributed by atoms with Crippen LogP contribution in [0.15, 0.2) is 59.1 Å². The molecule has 2 N–H and O–H groups in total. The summed E-state index contributed by atoms with van der Waals surface area (Å²) in [5, 5.41) is 12.8. The molecule has 0 aromatic heterocycles. The summed E-state index contributed by atoms with van der Waals surface area (Å²) in [7, 11) is 0. The molecule has 0 fully saturated rings. The van der Waals surface area contributed by atoms with Gasteiger partial charge in [-0.2, -0.15) is 0 Å². The molecular weight excluding hydrogens is 306 g/mol. The Labute approximate surface area is 119 Å². The largest absolute Gasteiger partial charge is 0.457 e. The van der Waals surface area contributed by atoms with Crippen molar-refractivity contribution >= 4 is 27.4 Å². The van der Waals surface area contributed by atoms with Gasteiger partial charge < -0.3 is 15.2 Å². The Balaban J connectivity index is 1.95. The third-order valence-corrected chi connectivity index (χ3v) is 3.32. The number of hydrogen-bond acceptors (Lipinski definition) is 3. The number of fused-ring (bicyclic) bond motifs is 1. The predicted octanol–water partition coefficient (Wildman–Crippen LogP) is 3.61. The van der Waals surface area contributed by atoms with Crippen LogP contribution in [0.4, 0.5) is 5.69 Å². The molecule has 0 saturated carbocycles. The molecule has 4 heteroatoms. The van der Waals surface area contributed by atoms with Crippen molar-refractivity contribution in [2.75, 3.05) is 5.32 Å². The van der Waals surface area contributed by atoms with Gasteiger partial charge in [-0.25, -0.2) is 0 Å². The molecule has 0 aliphatic carbocycles. The van der Waals surface area contributed by atoms with Crippen LogP contribution in [0.5, 0.6) is 5.75 Å². The first kappa shape index (κ1) is 12.3. The maximum atomic E-state index is 9.78. The van der Waals surface area contributed by atoms with Gasteiger partial charge in [-0.1, -0.05) is 34.1 Å². The van der Waals surface area contributed by atoms with Crippen LogP contribution in [-0.4, -0.2) is 11.3 Å². The number of halogens is 1. The summed E-state index contributed by atoms with van der Waals surface area (Å²) < 4.78 is 6.82. The number of hydrogen-bond donors (Lipinski definition) is 2. The molecule has 3 nitrogen and oxygen atoms in total. The zero-order valence-electron chi connectivity index (χ0n) is 10.0. The van der Waals surface area contributed by atoms with Crippen molar-refractivity contribution in [3.05, 3.63) is 64.6 Å². The fourth-order valence-electron chi connectivity index (χ4n) is 2.00. The molecular formula is C15H12BrNO2. The average Bonchev–Trinajstić information content (AvgIpc) is 2.38. The minimum absolute atomic E-state index is 0.653. The molecule has 2 aromatic rings. The lowest BCUT2D eigenvalue weighted by Crippen LogP contribution is -2.22. The van der Waals surface area contributed by atoms with E-state index in [1.165, 1.54) is 0 Å². The van der Waals surface area contributed by atoms with Gasteiger partial charge in [0.1, 0.15) is 17.7 Å². The van der Waals surface area contributed by atoms with E-state index in [4.69, 9.17) is 4.74 Å². The van der Waals surface area contributed by atoms with Gasteiger partial charge in [-0.15, -0.1) is 0 Å². The molecule has 1 aliphatic rings. The fourth-order valence-corrected chi connectivity index (χ4v) is 2.38. The van der Waals surface area contributed by atoms with Gasteiger partial charge >= 0.3 is 0 Å². The van der Waals surface area contributed by atoms with E-state index in [-0.39, 0.29) is 0 Å². The number of aliphatic hydroxyl groups excluding tert-OH is 1. The molecule has 0 radical (unpaired) electrons. The molecule has 0 amide bonds. The molecule has 0 spiro atoms. The van der Waals surface area contributed by atoms with Crippen LogP contribution in [0.3, 0.4) is 0 Å². The van der Waals surface area contributed by atoms with Crippen molar-refractivity contribution in [2.45, 2.75) is 6.23 Å². The highest BCUT2D eigenvalue weighted by Gasteiger charge is 2.18. The maximum Gasteiger partial charge on any atom is 0.147 e. The Hall–Kier alpha value is -1.78. The van der Waals surface area contributed by atoms with Crippen LogP contribution in [0.1, 0.15) is 5.56 Å². The minimum Gasteiger partial charge on any atom is -0.457 e. The van der Waals surface area contributed by atoms with Crippen molar-refractivity contribution in [1.29, 1.82) is 0 Å². The molecule has 96 valence electrons. The van der Waals surface area contributed by atoms with Crippen molar-refractivity contribution in [1.82, 2.24) is 0 Å². The Morgan fingerprint density at radius 2 is 1.95 bits per heavy atom. The first-order chi connectivity index (χ1) is 9.22. The number of aliphatic hydroxyl groups is 1. The lowest BCUT2D eigenvalue weighted by Gasteiger charge is -2.23. The van der Waals surface area contributed by atoms with Crippen LogP contribution in [0.25, 0.3) is 5.76 Å². The molecule has 1 unspecified atom stereocenters. The summed E-state index contributed by atoms with van der Waals surface area (Å²) >= 11 is 3.41. The van der Waals surface area contributed by atoms with Crippen molar-refractivity contribution in [3.8, 4) is 5.75 Å². The van der Waals surface area contributed by atoms with Gasteiger partial charge in [-0.05, 0) is 30.3 Å². The first-order valence-electron chi connectivity index (χ1n) is 5.91. The second-order valence-corrected chi connectivity index (χ2v) is 5.14. The standard InChI is InChI=1S/C15H12BrNO2/c16-10-4-3-5-11(8-10)19-14-9-15(18)17-13-7-2-1-6-12(13)14/h1-9,15,17-18H. The van der Waals surface area contributed by atoms with Crippen molar-refractivity contribution in [3.63, 3.8) is 0 Å². The summed E-state index contributed by atoms with van der Waals surface area (Å²) in [6, 6.07) is 15.3. The lowest BCUT2D eigenvalue weighted by molar-refractivity contribution is 0.249. The van der Waals surface area contributed by atoms with Crippen LogP contribution in [0, 0.1) is 0 Å². The fraction of sp³-hybridized carbons (Fsp3) is 0.0667. The van der Waals surface area contributed by atoms with E-state index in [0.717, 1.165) is 21.5 Å². The Morgan fingerprint density at radius 1 is 1.11 bits per heavy atom. The third kappa shape index (κ3) is 2.64. The molecule has 0 bridgehead atoms. The Morgan fingerprint density at radius 3 is 2.79 bits per heavy atom. The number of rotatable bonds is 2. The highest BCUT2D eigenvalue weighted by Crippen LogP contribution is 2.31. The van der Waals surface area contributed by atoms with Gasteiger partial charge in [0.2, 0.25) is 0 Å². The number of nitrogens with one attached hydrogen (secondary N) is 1. The first-order valence-corrected chi connectivity index (χ1v) is 6.71. The predicted molar refractivity (Wildman–Crippen MR) is 78.8 cm³/mol. The second-order valence-electron chi connectivity index (χ2n) is 4.23. The minimum atomic E-state index is -0.739. The summed E-state index contributed by atoms with van der Waals surface area (Å²) in [5.74, 6) is 1.38. The third-order valence-electron chi connectivity index (χ3n) is 2.83. The van der Waals surface area contributed by atoms with Crippen LogP contribution in [0.2, 0.25) is 0 Å². The molecule has 1 aliphatic heterocycles. The maximum absolute atomic E-state index is 9.78. The molecule has 2 aromatic carbocycles. The molecule has 3 rings (SSSR count). The topological polar surface area (TPSA) is 41.5 Å². The molecule has 1 heterocycles. The quantitative estimate of drug-likeness (QED) is 0.889. The molecule has 0 saturated heterocycles. The summed E-state index contributed by atoms with van der Waals surface area (Å²) in [6.07, 6.45) is 0.917. The average molecular weight is 318 g/mol. The molecule has 19 heavy (non-hydrogen) atoms. The van der Waals surface area contributed by atoms with E-state index >= 15 is 0 Å². The van der Waals surface area contributed by atoms with E-state index in [1.54, 1.807) is 6.08 Å². The zero-order valence-corrected chi connectivity index (χ0v) is 11.6. The van der Waals surface area contributed by atoms with Crippen molar-refractivity contribution in [2.24, 2.45) is 0 Å². The number of ether oxygens (including phenoxy) is 1. The lowest BCUT2D eigenvalue weighted by atomic mass is 10.1.